The molecular weight excluding hydrogens is 366 g/mol. The Kier molecular flexibility index (Phi) is 5.97. The van der Waals surface area contributed by atoms with Crippen molar-refractivity contribution in [1.29, 1.82) is 0 Å². The second kappa shape index (κ2) is 8.13. The molecule has 0 bridgehead atoms. The Bertz CT molecular complexity index is 836. The predicted molar refractivity (Wildman–Crippen MR) is 111 cm³/mol. The number of aliphatic carboxylic acids is 1. The van der Waals surface area contributed by atoms with E-state index < -0.39 is 17.8 Å². The Balaban J connectivity index is 2.19. The van der Waals surface area contributed by atoms with Gasteiger partial charge in [0, 0.05) is 31.0 Å². The second-order valence-corrected chi connectivity index (χ2v) is 9.03. The molecule has 0 radical (unpaired) electrons. The third kappa shape index (κ3) is 4.00. The lowest BCUT2D eigenvalue weighted by Gasteiger charge is -2.44. The van der Waals surface area contributed by atoms with E-state index in [9.17, 15) is 19.5 Å². The van der Waals surface area contributed by atoms with Gasteiger partial charge in [-0.25, -0.2) is 0 Å². The summed E-state index contributed by atoms with van der Waals surface area (Å²) in [5.74, 6) is -3.46. The number of Topliss-reactive ketones (excluding diaryl/α,β-unsaturated/α-hetero) is 1. The van der Waals surface area contributed by atoms with E-state index in [0.29, 0.717) is 31.5 Å². The number of carbonyl (C=O) groups is 3. The monoisotopic (exact) mass is 397 g/mol. The normalized spacial score (nSPS) is 26.1. The highest BCUT2D eigenvalue weighted by atomic mass is 16.4. The second-order valence-electron chi connectivity index (χ2n) is 9.03. The summed E-state index contributed by atoms with van der Waals surface area (Å²) in [6.45, 7) is 8.89. The van der Waals surface area contributed by atoms with Crippen molar-refractivity contribution in [2.45, 2.75) is 52.9 Å². The fourth-order valence-corrected chi connectivity index (χ4v) is 5.19. The maximum atomic E-state index is 13.5. The molecule has 3 atom stereocenters. The van der Waals surface area contributed by atoms with Crippen LogP contribution in [0, 0.1) is 17.3 Å². The summed E-state index contributed by atoms with van der Waals surface area (Å²) < 4.78 is 0. The van der Waals surface area contributed by atoms with Crippen LogP contribution in [0.25, 0.3) is 0 Å². The average molecular weight is 398 g/mol. The van der Waals surface area contributed by atoms with E-state index in [-0.39, 0.29) is 23.0 Å². The minimum absolute atomic E-state index is 0.0560. The Hall–Kier alpha value is -2.43. The fourth-order valence-electron chi connectivity index (χ4n) is 5.19. The standard InChI is InChI=1S/C24H31NO4/c1-5-25(6-2)22(27)21-19-16(13-24(3,4)14-18(19)26)12-17(20(21)23(28)29)15-10-8-7-9-11-15/h7-11,17,20-21H,5-6,12-14H2,1-4H3,(H,28,29). The summed E-state index contributed by atoms with van der Waals surface area (Å²) in [5.41, 5.74) is 2.21. The molecule has 29 heavy (non-hydrogen) atoms. The molecule has 5 heteroatoms. The quantitative estimate of drug-likeness (QED) is 0.813. The number of allylic oxidation sites excluding steroid dienone is 1. The molecule has 2 aliphatic rings. The molecule has 156 valence electrons. The average Bonchev–Trinajstić information content (AvgIpc) is 2.66. The van der Waals surface area contributed by atoms with Crippen molar-refractivity contribution in [2.75, 3.05) is 13.1 Å². The molecule has 1 aromatic rings. The first-order valence-electron chi connectivity index (χ1n) is 10.5. The Morgan fingerprint density at radius 2 is 1.72 bits per heavy atom. The summed E-state index contributed by atoms with van der Waals surface area (Å²) in [4.78, 5) is 40.8. The van der Waals surface area contributed by atoms with E-state index in [4.69, 9.17) is 0 Å². The minimum Gasteiger partial charge on any atom is -0.481 e. The molecule has 1 aromatic carbocycles. The molecule has 5 nitrogen and oxygen atoms in total. The third-order valence-corrected chi connectivity index (χ3v) is 6.44. The maximum Gasteiger partial charge on any atom is 0.308 e. The van der Waals surface area contributed by atoms with E-state index in [2.05, 4.69) is 13.8 Å². The highest BCUT2D eigenvalue weighted by Gasteiger charge is 2.51. The number of benzene rings is 1. The van der Waals surface area contributed by atoms with Gasteiger partial charge in [-0.1, -0.05) is 49.8 Å². The number of nitrogens with zero attached hydrogens (tertiary/aromatic N) is 1. The van der Waals surface area contributed by atoms with Gasteiger partial charge in [0.25, 0.3) is 0 Å². The molecule has 0 aromatic heterocycles. The maximum absolute atomic E-state index is 13.5. The first kappa shape index (κ1) is 21.3. The van der Waals surface area contributed by atoms with Gasteiger partial charge in [-0.15, -0.1) is 0 Å². The topological polar surface area (TPSA) is 74.7 Å². The molecule has 0 spiro atoms. The molecule has 0 saturated carbocycles. The van der Waals surface area contributed by atoms with Crippen LogP contribution in [0.2, 0.25) is 0 Å². The van der Waals surface area contributed by atoms with E-state index in [1.807, 2.05) is 44.2 Å². The van der Waals surface area contributed by atoms with Crippen LogP contribution in [0.3, 0.4) is 0 Å². The van der Waals surface area contributed by atoms with E-state index in [1.165, 1.54) is 0 Å². The molecule has 3 unspecified atom stereocenters. The lowest BCUT2D eigenvalue weighted by atomic mass is 9.59. The number of carboxylic acid groups (broad SMARTS) is 1. The Morgan fingerprint density at radius 1 is 1.10 bits per heavy atom. The summed E-state index contributed by atoms with van der Waals surface area (Å²) in [7, 11) is 0. The number of hydrogen-bond donors (Lipinski definition) is 1. The Labute approximate surface area is 172 Å². The van der Waals surface area contributed by atoms with Gasteiger partial charge < -0.3 is 10.0 Å². The number of carbonyl (C=O) groups excluding carboxylic acids is 2. The van der Waals surface area contributed by atoms with Crippen LogP contribution in [0.4, 0.5) is 0 Å². The zero-order chi connectivity index (χ0) is 21.3. The van der Waals surface area contributed by atoms with Gasteiger partial charge in [0.1, 0.15) is 0 Å². The van der Waals surface area contributed by atoms with Crippen molar-refractivity contribution < 1.29 is 19.5 Å². The lowest BCUT2D eigenvalue weighted by molar-refractivity contribution is -0.151. The van der Waals surface area contributed by atoms with E-state index in [0.717, 1.165) is 17.6 Å². The van der Waals surface area contributed by atoms with Crippen LogP contribution in [-0.2, 0) is 14.4 Å². The summed E-state index contributed by atoms with van der Waals surface area (Å²) in [5, 5.41) is 10.2. The molecule has 0 fully saturated rings. The summed E-state index contributed by atoms with van der Waals surface area (Å²) in [6, 6.07) is 9.56. The summed E-state index contributed by atoms with van der Waals surface area (Å²) >= 11 is 0. The molecule has 2 aliphatic carbocycles. The molecule has 0 aliphatic heterocycles. The van der Waals surface area contributed by atoms with Gasteiger partial charge in [-0.05, 0) is 37.7 Å². The SMILES string of the molecule is CCN(CC)C(=O)C1C2=C(CC(c3ccccc3)C1C(=O)O)CC(C)(C)CC2=O. The largest absolute Gasteiger partial charge is 0.481 e. The highest BCUT2D eigenvalue weighted by Crippen LogP contribution is 2.51. The van der Waals surface area contributed by atoms with Crippen molar-refractivity contribution in [3.05, 3.63) is 47.0 Å². The number of hydrogen-bond acceptors (Lipinski definition) is 3. The smallest absolute Gasteiger partial charge is 0.308 e. The molecule has 0 saturated heterocycles. The fraction of sp³-hybridized carbons (Fsp3) is 0.542. The van der Waals surface area contributed by atoms with E-state index >= 15 is 0 Å². The van der Waals surface area contributed by atoms with E-state index in [1.54, 1.807) is 4.90 Å². The number of carboxylic acids is 1. The van der Waals surface area contributed by atoms with Crippen LogP contribution >= 0.6 is 0 Å². The molecule has 1 N–H and O–H groups in total. The number of ketones is 1. The van der Waals surface area contributed by atoms with Gasteiger partial charge in [0.2, 0.25) is 5.91 Å². The molecule has 3 rings (SSSR count). The highest BCUT2D eigenvalue weighted by molar-refractivity contribution is 6.05. The van der Waals surface area contributed by atoms with Gasteiger partial charge in [0.05, 0.1) is 11.8 Å². The third-order valence-electron chi connectivity index (χ3n) is 6.44. The van der Waals surface area contributed by atoms with Gasteiger partial charge in [0.15, 0.2) is 5.78 Å². The van der Waals surface area contributed by atoms with Crippen LogP contribution < -0.4 is 0 Å². The van der Waals surface area contributed by atoms with Crippen molar-refractivity contribution in [3.8, 4) is 0 Å². The summed E-state index contributed by atoms with van der Waals surface area (Å²) in [6.07, 6.45) is 1.61. The first-order valence-corrected chi connectivity index (χ1v) is 10.5. The molecule has 1 amide bonds. The zero-order valence-corrected chi connectivity index (χ0v) is 17.8. The molecule has 0 heterocycles. The zero-order valence-electron chi connectivity index (χ0n) is 17.8. The van der Waals surface area contributed by atoms with Crippen molar-refractivity contribution >= 4 is 17.7 Å². The molecular formula is C24H31NO4. The van der Waals surface area contributed by atoms with Crippen molar-refractivity contribution in [1.82, 2.24) is 4.90 Å². The lowest BCUT2D eigenvalue weighted by Crippen LogP contribution is -2.48. The predicted octanol–water partition coefficient (Wildman–Crippen LogP) is 4.05. The minimum atomic E-state index is -1.01. The van der Waals surface area contributed by atoms with Gasteiger partial charge >= 0.3 is 5.97 Å². The number of amides is 1. The first-order chi connectivity index (χ1) is 13.7. The van der Waals surface area contributed by atoms with Crippen LogP contribution in [0.15, 0.2) is 41.5 Å². The van der Waals surface area contributed by atoms with Gasteiger partial charge in [-0.3, -0.25) is 14.4 Å². The number of rotatable bonds is 5. The van der Waals surface area contributed by atoms with Crippen molar-refractivity contribution in [2.24, 2.45) is 17.3 Å². The van der Waals surface area contributed by atoms with Crippen LogP contribution in [-0.4, -0.2) is 40.8 Å². The van der Waals surface area contributed by atoms with Crippen LogP contribution in [0.5, 0.6) is 0 Å². The Morgan fingerprint density at radius 3 is 2.28 bits per heavy atom. The van der Waals surface area contributed by atoms with Gasteiger partial charge in [-0.2, -0.15) is 0 Å². The van der Waals surface area contributed by atoms with Crippen molar-refractivity contribution in [3.63, 3.8) is 0 Å². The van der Waals surface area contributed by atoms with Crippen LogP contribution in [0.1, 0.15) is 58.4 Å².